The van der Waals surface area contributed by atoms with E-state index < -0.39 is 0 Å². The number of methoxy groups -OCH3 is 1. The van der Waals surface area contributed by atoms with Gasteiger partial charge >= 0.3 is 0 Å². The highest BCUT2D eigenvalue weighted by molar-refractivity contribution is 9.10. The number of fused-ring (bicyclic) bond motifs is 1. The molecule has 3 aromatic carbocycles. The molecular weight excluding hydrogens is 396 g/mol. The first-order valence-electron chi connectivity index (χ1n) is 7.93. The lowest BCUT2D eigenvalue weighted by Crippen LogP contribution is -2.24. The van der Waals surface area contributed by atoms with E-state index in [1.165, 1.54) is 0 Å². The summed E-state index contributed by atoms with van der Waals surface area (Å²) >= 11 is 3.42. The lowest BCUT2D eigenvalue weighted by Gasteiger charge is -2.06. The second kappa shape index (κ2) is 8.49. The van der Waals surface area contributed by atoms with Gasteiger partial charge in [0.2, 0.25) is 0 Å². The molecule has 1 N–H and O–H groups in total. The van der Waals surface area contributed by atoms with Crippen LogP contribution in [0, 0.1) is 0 Å². The van der Waals surface area contributed by atoms with Gasteiger partial charge in [-0.05, 0) is 41.1 Å². The second-order valence-electron chi connectivity index (χ2n) is 5.48. The number of hydrogen-bond acceptors (Lipinski definition) is 4. The van der Waals surface area contributed by atoms with Crippen molar-refractivity contribution in [3.8, 4) is 11.5 Å². The fourth-order valence-electron chi connectivity index (χ4n) is 2.36. The van der Waals surface area contributed by atoms with Crippen LogP contribution in [0.4, 0.5) is 0 Å². The fourth-order valence-corrected chi connectivity index (χ4v) is 2.71. The molecule has 132 valence electrons. The van der Waals surface area contributed by atoms with Crippen molar-refractivity contribution in [1.29, 1.82) is 0 Å². The maximum atomic E-state index is 11.9. The van der Waals surface area contributed by atoms with Gasteiger partial charge in [0.05, 0.1) is 13.3 Å². The highest BCUT2D eigenvalue weighted by atomic mass is 79.9. The summed E-state index contributed by atoms with van der Waals surface area (Å²) in [7, 11) is 1.59. The van der Waals surface area contributed by atoms with E-state index in [-0.39, 0.29) is 12.5 Å². The van der Waals surface area contributed by atoms with E-state index in [1.807, 2.05) is 60.7 Å². The van der Waals surface area contributed by atoms with E-state index in [2.05, 4.69) is 26.5 Å². The summed E-state index contributed by atoms with van der Waals surface area (Å²) in [5.41, 5.74) is 3.24. The summed E-state index contributed by atoms with van der Waals surface area (Å²) < 4.78 is 11.5. The summed E-state index contributed by atoms with van der Waals surface area (Å²) in [5, 5.41) is 6.13. The van der Waals surface area contributed by atoms with Crippen molar-refractivity contribution in [2.45, 2.75) is 0 Å². The predicted octanol–water partition coefficient (Wildman–Crippen LogP) is 4.14. The highest BCUT2D eigenvalue weighted by Crippen LogP contribution is 2.21. The van der Waals surface area contributed by atoms with Crippen LogP contribution in [0.1, 0.15) is 5.56 Å². The third-order valence-electron chi connectivity index (χ3n) is 3.69. The van der Waals surface area contributed by atoms with Crippen molar-refractivity contribution in [3.63, 3.8) is 0 Å². The zero-order valence-electron chi connectivity index (χ0n) is 14.1. The molecule has 3 rings (SSSR count). The quantitative estimate of drug-likeness (QED) is 0.488. The molecule has 5 nitrogen and oxygen atoms in total. The minimum absolute atomic E-state index is 0.116. The molecule has 0 aliphatic rings. The number of carbonyl (C=O) groups is 1. The number of ether oxygens (including phenoxy) is 2. The van der Waals surface area contributed by atoms with E-state index in [4.69, 9.17) is 9.47 Å². The average Bonchev–Trinajstić information content (AvgIpc) is 2.67. The molecule has 0 radical (unpaired) electrons. The molecule has 0 heterocycles. The van der Waals surface area contributed by atoms with E-state index in [0.717, 1.165) is 20.8 Å². The summed E-state index contributed by atoms with van der Waals surface area (Å²) in [5.74, 6) is 1.01. The minimum atomic E-state index is -0.339. The molecule has 0 aromatic heterocycles. The Balaban J connectivity index is 1.55. The van der Waals surface area contributed by atoms with Crippen molar-refractivity contribution in [1.82, 2.24) is 5.43 Å². The summed E-state index contributed by atoms with van der Waals surface area (Å²) in [6.07, 6.45) is 1.54. The normalized spacial score (nSPS) is 10.8. The van der Waals surface area contributed by atoms with Gasteiger partial charge in [-0.25, -0.2) is 5.43 Å². The smallest absolute Gasteiger partial charge is 0.277 e. The largest absolute Gasteiger partial charge is 0.497 e. The summed E-state index contributed by atoms with van der Waals surface area (Å²) in [4.78, 5) is 11.9. The maximum absolute atomic E-state index is 11.9. The number of hydrogen-bond donors (Lipinski definition) is 1. The van der Waals surface area contributed by atoms with E-state index >= 15 is 0 Å². The molecule has 26 heavy (non-hydrogen) atoms. The maximum Gasteiger partial charge on any atom is 0.277 e. The Labute approximate surface area is 159 Å². The van der Waals surface area contributed by atoms with Gasteiger partial charge in [-0.1, -0.05) is 46.3 Å². The number of nitrogens with zero attached hydrogens (tertiary/aromatic N) is 1. The van der Waals surface area contributed by atoms with Crippen molar-refractivity contribution >= 4 is 38.8 Å². The Hall–Kier alpha value is -2.86. The molecule has 0 saturated heterocycles. The van der Waals surface area contributed by atoms with Crippen molar-refractivity contribution < 1.29 is 14.3 Å². The molecule has 0 aliphatic heterocycles. The molecule has 3 aromatic rings. The summed E-state index contributed by atoms with van der Waals surface area (Å²) in [6.45, 7) is -0.116. The van der Waals surface area contributed by atoms with Crippen LogP contribution in [0.2, 0.25) is 0 Å². The first kappa shape index (κ1) is 17.9. The third-order valence-corrected chi connectivity index (χ3v) is 4.41. The molecule has 0 atom stereocenters. The van der Waals surface area contributed by atoms with Crippen LogP contribution in [0.25, 0.3) is 10.8 Å². The van der Waals surface area contributed by atoms with Crippen LogP contribution in [0.5, 0.6) is 11.5 Å². The first-order chi connectivity index (χ1) is 12.7. The van der Waals surface area contributed by atoms with Crippen LogP contribution in [0.15, 0.2) is 70.2 Å². The number of nitrogens with one attached hydrogen (secondary N) is 1. The van der Waals surface area contributed by atoms with Crippen molar-refractivity contribution in [2.75, 3.05) is 13.7 Å². The SMILES string of the molecule is COc1ccc(Br)c(C=NNC(=O)COc2ccc3ccccc3c2)c1. The predicted molar refractivity (Wildman–Crippen MR) is 106 cm³/mol. The van der Waals surface area contributed by atoms with E-state index in [9.17, 15) is 4.79 Å². The van der Waals surface area contributed by atoms with Gasteiger partial charge in [-0.3, -0.25) is 4.79 Å². The van der Waals surface area contributed by atoms with Gasteiger partial charge in [0, 0.05) is 10.0 Å². The monoisotopic (exact) mass is 412 g/mol. The lowest BCUT2D eigenvalue weighted by molar-refractivity contribution is -0.123. The topological polar surface area (TPSA) is 59.9 Å². The van der Waals surface area contributed by atoms with Gasteiger partial charge < -0.3 is 9.47 Å². The number of halogens is 1. The zero-order chi connectivity index (χ0) is 18.4. The molecule has 0 fully saturated rings. The Morgan fingerprint density at radius 3 is 2.65 bits per heavy atom. The second-order valence-corrected chi connectivity index (χ2v) is 6.33. The van der Waals surface area contributed by atoms with Crippen molar-refractivity contribution in [2.24, 2.45) is 5.10 Å². The third kappa shape index (κ3) is 4.61. The van der Waals surface area contributed by atoms with E-state index in [0.29, 0.717) is 11.5 Å². The molecular formula is C20H17BrN2O3. The van der Waals surface area contributed by atoms with Crippen LogP contribution in [-0.4, -0.2) is 25.8 Å². The van der Waals surface area contributed by atoms with Gasteiger partial charge in [0.25, 0.3) is 5.91 Å². The van der Waals surface area contributed by atoms with Gasteiger partial charge in [0.15, 0.2) is 6.61 Å². The number of amides is 1. The summed E-state index contributed by atoms with van der Waals surface area (Å²) in [6, 6.07) is 19.2. The molecule has 0 spiro atoms. The van der Waals surface area contributed by atoms with Crippen LogP contribution < -0.4 is 14.9 Å². The van der Waals surface area contributed by atoms with Gasteiger partial charge in [-0.2, -0.15) is 5.10 Å². The molecule has 6 heteroatoms. The fraction of sp³-hybridized carbons (Fsp3) is 0.100. The Morgan fingerprint density at radius 2 is 1.85 bits per heavy atom. The number of benzene rings is 3. The average molecular weight is 413 g/mol. The Kier molecular flexibility index (Phi) is 5.86. The van der Waals surface area contributed by atoms with Crippen LogP contribution in [-0.2, 0) is 4.79 Å². The highest BCUT2D eigenvalue weighted by Gasteiger charge is 2.03. The number of rotatable bonds is 6. The number of hydrazone groups is 1. The molecule has 0 bridgehead atoms. The van der Waals surface area contributed by atoms with Gasteiger partial charge in [-0.15, -0.1) is 0 Å². The Bertz CT molecular complexity index is 957. The van der Waals surface area contributed by atoms with E-state index in [1.54, 1.807) is 13.3 Å². The van der Waals surface area contributed by atoms with Gasteiger partial charge in [0.1, 0.15) is 11.5 Å². The first-order valence-corrected chi connectivity index (χ1v) is 8.72. The van der Waals surface area contributed by atoms with Crippen LogP contribution in [0.3, 0.4) is 0 Å². The number of carbonyl (C=O) groups excluding carboxylic acids is 1. The zero-order valence-corrected chi connectivity index (χ0v) is 15.7. The lowest BCUT2D eigenvalue weighted by atomic mass is 10.1. The standard InChI is InChI=1S/C20H17BrN2O3/c1-25-17-8-9-19(21)16(11-17)12-22-23-20(24)13-26-18-7-6-14-4-2-3-5-15(14)10-18/h2-12H,13H2,1H3,(H,23,24). The van der Waals surface area contributed by atoms with Crippen LogP contribution >= 0.6 is 15.9 Å². The molecule has 1 amide bonds. The minimum Gasteiger partial charge on any atom is -0.497 e. The molecule has 0 unspecified atom stereocenters. The van der Waals surface area contributed by atoms with Crippen molar-refractivity contribution in [3.05, 3.63) is 70.7 Å². The Morgan fingerprint density at radius 1 is 1.08 bits per heavy atom. The molecule has 0 aliphatic carbocycles. The molecule has 0 saturated carbocycles.